The van der Waals surface area contributed by atoms with E-state index in [1.807, 2.05) is 44.2 Å². The fraction of sp³-hybridized carbons (Fsp3) is 0.444. The number of rotatable bonds is 6. The number of aromatic nitrogens is 2. The maximum Gasteiger partial charge on any atom is 0.152 e. The second-order valence-electron chi connectivity index (χ2n) is 6.45. The van der Waals surface area contributed by atoms with Gasteiger partial charge in [0.1, 0.15) is 17.5 Å². The van der Waals surface area contributed by atoms with Crippen molar-refractivity contribution in [2.24, 2.45) is 0 Å². The molecule has 1 fully saturated rings. The molecule has 1 atom stereocenters. The molecule has 1 aromatic carbocycles. The van der Waals surface area contributed by atoms with Crippen molar-refractivity contribution in [1.29, 1.82) is 0 Å². The first-order chi connectivity index (χ1) is 12.4. The highest BCUT2D eigenvalue weighted by molar-refractivity contribution is 7.91. The Morgan fingerprint density at radius 3 is 2.73 bits per heavy atom. The molecule has 140 valence electrons. The fourth-order valence-electron chi connectivity index (χ4n) is 3.25. The van der Waals surface area contributed by atoms with Gasteiger partial charge < -0.3 is 10.2 Å². The third-order valence-electron chi connectivity index (χ3n) is 4.53. The molecule has 0 amide bonds. The molecule has 1 N–H and O–H groups in total. The number of aryl methyl sites for hydroxylation is 1. The first-order valence-corrected chi connectivity index (χ1v) is 10.9. The molecule has 6 nitrogen and oxygen atoms in total. The molecule has 1 unspecified atom stereocenters. The van der Waals surface area contributed by atoms with Crippen molar-refractivity contribution in [3.05, 3.63) is 46.7 Å². The summed E-state index contributed by atoms with van der Waals surface area (Å²) in [5.74, 6) is 2.53. The minimum atomic E-state index is -2.95. The Labute approximate surface area is 159 Å². The molecule has 0 radical (unpaired) electrons. The van der Waals surface area contributed by atoms with Gasteiger partial charge in [-0.1, -0.05) is 29.8 Å². The van der Waals surface area contributed by atoms with E-state index in [1.165, 1.54) is 0 Å². The fourth-order valence-corrected chi connectivity index (χ4v) is 5.18. The predicted molar refractivity (Wildman–Crippen MR) is 106 cm³/mol. The van der Waals surface area contributed by atoms with Crippen LogP contribution in [0.5, 0.6) is 0 Å². The van der Waals surface area contributed by atoms with Crippen LogP contribution in [0.15, 0.2) is 30.3 Å². The van der Waals surface area contributed by atoms with Crippen LogP contribution in [0.4, 0.5) is 11.6 Å². The van der Waals surface area contributed by atoms with Crippen molar-refractivity contribution in [1.82, 2.24) is 9.97 Å². The van der Waals surface area contributed by atoms with Crippen LogP contribution >= 0.6 is 11.6 Å². The number of hydrogen-bond donors (Lipinski definition) is 1. The van der Waals surface area contributed by atoms with E-state index in [0.29, 0.717) is 36.2 Å². The first-order valence-electron chi connectivity index (χ1n) is 8.68. The van der Waals surface area contributed by atoms with Gasteiger partial charge in [-0.3, -0.25) is 0 Å². The molecule has 0 saturated carbocycles. The molecular weight excluding hydrogens is 372 g/mol. The van der Waals surface area contributed by atoms with Gasteiger partial charge in [-0.25, -0.2) is 18.4 Å². The van der Waals surface area contributed by atoms with Crippen LogP contribution in [0.1, 0.15) is 24.7 Å². The third-order valence-corrected chi connectivity index (χ3v) is 6.65. The Morgan fingerprint density at radius 1 is 1.31 bits per heavy atom. The number of hydrogen-bond acceptors (Lipinski definition) is 6. The number of sulfone groups is 1. The normalized spacial score (nSPS) is 18.7. The van der Waals surface area contributed by atoms with Crippen molar-refractivity contribution in [2.45, 2.75) is 32.9 Å². The summed E-state index contributed by atoms with van der Waals surface area (Å²) in [6.45, 7) is 5.10. The highest BCUT2D eigenvalue weighted by atomic mass is 35.5. The van der Waals surface area contributed by atoms with E-state index in [1.54, 1.807) is 0 Å². The zero-order valence-electron chi connectivity index (χ0n) is 14.9. The van der Waals surface area contributed by atoms with Crippen molar-refractivity contribution in [2.75, 3.05) is 28.3 Å². The van der Waals surface area contributed by atoms with E-state index in [2.05, 4.69) is 20.2 Å². The van der Waals surface area contributed by atoms with Crippen LogP contribution in [0.2, 0.25) is 5.02 Å². The molecule has 26 heavy (non-hydrogen) atoms. The first kappa shape index (κ1) is 18.9. The van der Waals surface area contributed by atoms with Crippen molar-refractivity contribution in [3.63, 3.8) is 0 Å². The topological polar surface area (TPSA) is 75.2 Å². The van der Waals surface area contributed by atoms with E-state index >= 15 is 0 Å². The van der Waals surface area contributed by atoms with Gasteiger partial charge in [0.2, 0.25) is 0 Å². The average molecular weight is 395 g/mol. The Hall–Kier alpha value is -1.86. The number of nitrogens with one attached hydrogen (secondary N) is 1. The average Bonchev–Trinajstić information content (AvgIpc) is 2.94. The lowest BCUT2D eigenvalue weighted by atomic mass is 10.2. The Balaban J connectivity index is 1.79. The van der Waals surface area contributed by atoms with Gasteiger partial charge >= 0.3 is 0 Å². The number of benzene rings is 1. The summed E-state index contributed by atoms with van der Waals surface area (Å²) in [4.78, 5) is 11.0. The summed E-state index contributed by atoms with van der Waals surface area (Å²) in [7, 11) is -2.95. The zero-order valence-corrected chi connectivity index (χ0v) is 16.5. The van der Waals surface area contributed by atoms with E-state index in [0.717, 1.165) is 11.4 Å². The van der Waals surface area contributed by atoms with Crippen LogP contribution in [-0.4, -0.2) is 42.5 Å². The smallest absolute Gasteiger partial charge is 0.152 e. The van der Waals surface area contributed by atoms with Gasteiger partial charge in [-0.15, -0.1) is 0 Å². The lowest BCUT2D eigenvalue weighted by Gasteiger charge is -2.28. The summed E-state index contributed by atoms with van der Waals surface area (Å²) in [6.07, 6.45) is 0.640. The van der Waals surface area contributed by atoms with E-state index in [4.69, 9.17) is 11.6 Å². The summed E-state index contributed by atoms with van der Waals surface area (Å²) in [6, 6.07) is 9.50. The monoisotopic (exact) mass is 394 g/mol. The predicted octanol–water partition coefficient (Wildman–Crippen LogP) is 3.06. The van der Waals surface area contributed by atoms with Crippen LogP contribution < -0.4 is 10.2 Å². The lowest BCUT2D eigenvalue weighted by molar-refractivity contribution is 0.599. The van der Waals surface area contributed by atoms with Crippen LogP contribution in [0.3, 0.4) is 0 Å². The molecule has 2 aromatic rings. The molecule has 8 heteroatoms. The van der Waals surface area contributed by atoms with Crippen LogP contribution in [0.25, 0.3) is 0 Å². The van der Waals surface area contributed by atoms with Crippen molar-refractivity contribution >= 4 is 33.1 Å². The largest absolute Gasteiger partial charge is 0.366 e. The zero-order chi connectivity index (χ0) is 18.7. The summed E-state index contributed by atoms with van der Waals surface area (Å²) >= 11 is 6.20. The molecule has 0 bridgehead atoms. The molecule has 1 aromatic heterocycles. The standard InChI is InChI=1S/C18H23ClN4O2S/c1-3-23(15-8-9-26(24,25)12-15)18-10-17(21-13(2)22-18)20-11-14-6-4-5-7-16(14)19/h4-7,10,15H,3,8-9,11-12H2,1-2H3,(H,20,21,22). The molecule has 3 rings (SSSR count). The molecule has 2 heterocycles. The van der Waals surface area contributed by atoms with Gasteiger partial charge in [0.25, 0.3) is 0 Å². The second kappa shape index (κ2) is 7.80. The minimum Gasteiger partial charge on any atom is -0.366 e. The van der Waals surface area contributed by atoms with Gasteiger partial charge in [-0.05, 0) is 31.9 Å². The van der Waals surface area contributed by atoms with Gasteiger partial charge in [-0.2, -0.15) is 0 Å². The van der Waals surface area contributed by atoms with E-state index in [-0.39, 0.29) is 17.5 Å². The third kappa shape index (κ3) is 4.45. The second-order valence-corrected chi connectivity index (χ2v) is 9.08. The van der Waals surface area contributed by atoms with Crippen molar-refractivity contribution in [3.8, 4) is 0 Å². The minimum absolute atomic E-state index is 0.0317. The summed E-state index contributed by atoms with van der Waals surface area (Å²) in [5.41, 5.74) is 0.987. The molecule has 1 aliphatic heterocycles. The Kier molecular flexibility index (Phi) is 5.67. The molecular formula is C18H23ClN4O2S. The summed E-state index contributed by atoms with van der Waals surface area (Å²) in [5, 5.41) is 3.99. The van der Waals surface area contributed by atoms with Gasteiger partial charge in [0.05, 0.1) is 11.5 Å². The number of nitrogens with zero attached hydrogens (tertiary/aromatic N) is 3. The Morgan fingerprint density at radius 2 is 2.08 bits per heavy atom. The molecule has 1 aliphatic rings. The van der Waals surface area contributed by atoms with Gasteiger partial charge in [0, 0.05) is 30.2 Å². The number of anilines is 2. The maximum absolute atomic E-state index is 11.8. The van der Waals surface area contributed by atoms with E-state index < -0.39 is 9.84 Å². The molecule has 0 aliphatic carbocycles. The number of halogens is 1. The quantitative estimate of drug-likeness (QED) is 0.811. The van der Waals surface area contributed by atoms with Gasteiger partial charge in [0.15, 0.2) is 9.84 Å². The van der Waals surface area contributed by atoms with Crippen molar-refractivity contribution < 1.29 is 8.42 Å². The Bertz CT molecular complexity index is 889. The SMILES string of the molecule is CCN(c1cc(NCc2ccccc2Cl)nc(C)n1)C1CCS(=O)(=O)C1. The van der Waals surface area contributed by atoms with E-state index in [9.17, 15) is 8.42 Å². The maximum atomic E-state index is 11.8. The molecule has 0 spiro atoms. The summed E-state index contributed by atoms with van der Waals surface area (Å²) < 4.78 is 23.7. The lowest BCUT2D eigenvalue weighted by Crippen LogP contribution is -2.37. The highest BCUT2D eigenvalue weighted by Crippen LogP contribution is 2.25. The van der Waals surface area contributed by atoms with Crippen LogP contribution in [-0.2, 0) is 16.4 Å². The highest BCUT2D eigenvalue weighted by Gasteiger charge is 2.32. The molecule has 1 saturated heterocycles. The van der Waals surface area contributed by atoms with Crippen LogP contribution in [0, 0.1) is 6.92 Å².